The largest absolute Gasteiger partial charge is 0.424 e. The summed E-state index contributed by atoms with van der Waals surface area (Å²) in [5.74, 6) is -0.0963. The molecule has 0 bridgehead atoms. The zero-order valence-electron chi connectivity index (χ0n) is 23.7. The molecule has 0 fully saturated rings. The predicted molar refractivity (Wildman–Crippen MR) is 155 cm³/mol. The fourth-order valence-electron chi connectivity index (χ4n) is 4.04. The van der Waals surface area contributed by atoms with Crippen molar-refractivity contribution in [1.82, 2.24) is 29.5 Å². The lowest BCUT2D eigenvalue weighted by Crippen LogP contribution is -2.22. The number of nitrogens with zero attached hydrogens (tertiary/aromatic N) is 7. The van der Waals surface area contributed by atoms with Crippen LogP contribution in [-0.4, -0.2) is 35.6 Å². The number of halogens is 1. The highest BCUT2D eigenvalue weighted by Gasteiger charge is 2.22. The van der Waals surface area contributed by atoms with E-state index in [2.05, 4.69) is 36.9 Å². The van der Waals surface area contributed by atoms with Gasteiger partial charge in [-0.1, -0.05) is 26.8 Å². The number of hydrogen-bond acceptors (Lipinski definition) is 7. The highest BCUT2D eigenvalue weighted by molar-refractivity contribution is 5.99. The van der Waals surface area contributed by atoms with Crippen LogP contribution in [0.25, 0.3) is 16.9 Å². The average molecular weight is 566 g/mol. The topological polar surface area (TPSA) is 136 Å². The van der Waals surface area contributed by atoms with E-state index in [1.165, 1.54) is 18.2 Å². The number of anilines is 2. The van der Waals surface area contributed by atoms with Crippen molar-refractivity contribution in [2.24, 2.45) is 7.05 Å². The minimum Gasteiger partial charge on any atom is -0.424 e. The Morgan fingerprint density at radius 3 is 2.62 bits per heavy atom. The molecule has 11 nitrogen and oxygen atoms in total. The molecule has 3 heterocycles. The van der Waals surface area contributed by atoms with Crippen LogP contribution >= 0.6 is 0 Å². The standard InChI is InChI=1S/C30H28FN9O2/c1-18-6-7-21(12-19(18)15-32)40-27(14-26(38-40)30(2,3)4)37-28(41)35-25-13-22(8-9-23(25)31)42-29-33-11-10-24(36-29)20-16-34-39(5)17-20/h6-14,16-17H,1-5H3,(H2,35,37,41). The third-order valence-corrected chi connectivity index (χ3v) is 6.33. The number of rotatable bonds is 6. The summed E-state index contributed by atoms with van der Waals surface area (Å²) in [5, 5.41) is 23.6. The molecule has 12 heteroatoms. The first kappa shape index (κ1) is 28.0. The van der Waals surface area contributed by atoms with Crippen LogP contribution in [0.5, 0.6) is 11.8 Å². The summed E-state index contributed by atoms with van der Waals surface area (Å²) in [4.78, 5) is 21.6. The van der Waals surface area contributed by atoms with Gasteiger partial charge in [-0.2, -0.15) is 20.4 Å². The molecular weight excluding hydrogens is 537 g/mol. The Balaban J connectivity index is 1.37. The van der Waals surface area contributed by atoms with Crippen LogP contribution in [0.1, 0.15) is 37.6 Å². The van der Waals surface area contributed by atoms with E-state index in [0.717, 1.165) is 11.1 Å². The molecule has 2 aromatic carbocycles. The molecule has 0 saturated carbocycles. The van der Waals surface area contributed by atoms with Gasteiger partial charge >= 0.3 is 12.0 Å². The maximum Gasteiger partial charge on any atom is 0.324 e. The van der Waals surface area contributed by atoms with Gasteiger partial charge in [-0.25, -0.2) is 18.9 Å². The number of carbonyl (C=O) groups is 1. The number of aryl methyl sites for hydroxylation is 2. The zero-order valence-corrected chi connectivity index (χ0v) is 23.7. The molecule has 0 aliphatic rings. The van der Waals surface area contributed by atoms with Crippen LogP contribution in [0.4, 0.5) is 20.7 Å². The third-order valence-electron chi connectivity index (χ3n) is 6.33. The molecule has 0 atom stereocenters. The van der Waals surface area contributed by atoms with Crippen molar-refractivity contribution in [2.75, 3.05) is 10.6 Å². The van der Waals surface area contributed by atoms with E-state index in [-0.39, 0.29) is 22.9 Å². The van der Waals surface area contributed by atoms with Crippen LogP contribution in [0, 0.1) is 24.1 Å². The fourth-order valence-corrected chi connectivity index (χ4v) is 4.04. The van der Waals surface area contributed by atoms with Crippen molar-refractivity contribution in [3.05, 3.63) is 89.8 Å². The van der Waals surface area contributed by atoms with Gasteiger partial charge in [0.1, 0.15) is 17.4 Å². The second-order valence-corrected chi connectivity index (χ2v) is 10.6. The van der Waals surface area contributed by atoms with Gasteiger partial charge in [0.2, 0.25) is 0 Å². The van der Waals surface area contributed by atoms with Gasteiger partial charge in [0.25, 0.3) is 0 Å². The van der Waals surface area contributed by atoms with Gasteiger partial charge in [-0.15, -0.1) is 0 Å². The van der Waals surface area contributed by atoms with Crippen molar-refractivity contribution in [2.45, 2.75) is 33.1 Å². The monoisotopic (exact) mass is 565 g/mol. The molecule has 0 spiro atoms. The summed E-state index contributed by atoms with van der Waals surface area (Å²) < 4.78 is 23.7. The maximum absolute atomic E-state index is 14.7. The molecule has 3 aromatic heterocycles. The Kier molecular flexibility index (Phi) is 7.41. The van der Waals surface area contributed by atoms with Gasteiger partial charge < -0.3 is 10.1 Å². The fraction of sp³-hybridized carbons (Fsp3) is 0.200. The van der Waals surface area contributed by atoms with Crippen molar-refractivity contribution < 1.29 is 13.9 Å². The van der Waals surface area contributed by atoms with Crippen molar-refractivity contribution in [3.63, 3.8) is 0 Å². The van der Waals surface area contributed by atoms with Crippen LogP contribution < -0.4 is 15.4 Å². The minimum absolute atomic E-state index is 0.0480. The molecule has 42 heavy (non-hydrogen) atoms. The number of hydrogen-bond donors (Lipinski definition) is 2. The first-order chi connectivity index (χ1) is 20.0. The van der Waals surface area contributed by atoms with Crippen LogP contribution in [0.15, 0.2) is 67.1 Å². The molecule has 2 amide bonds. The van der Waals surface area contributed by atoms with Crippen LogP contribution in [0.3, 0.4) is 0 Å². The molecule has 0 aliphatic heterocycles. The quantitative estimate of drug-likeness (QED) is 0.253. The number of nitrogens with one attached hydrogen (secondary N) is 2. The van der Waals surface area contributed by atoms with E-state index >= 15 is 0 Å². The number of urea groups is 1. The summed E-state index contributed by atoms with van der Waals surface area (Å²) in [6.07, 6.45) is 5.02. The van der Waals surface area contributed by atoms with E-state index in [0.29, 0.717) is 28.5 Å². The highest BCUT2D eigenvalue weighted by atomic mass is 19.1. The number of benzene rings is 2. The SMILES string of the molecule is Cc1ccc(-n2nc(C(C)(C)C)cc2NC(=O)Nc2cc(Oc3nccc(-c4cnn(C)c4)n3)ccc2F)cc1C#N. The number of ether oxygens (including phenoxy) is 1. The lowest BCUT2D eigenvalue weighted by atomic mass is 9.92. The predicted octanol–water partition coefficient (Wildman–Crippen LogP) is 6.12. The maximum atomic E-state index is 14.7. The van der Waals surface area contributed by atoms with Gasteiger partial charge in [0, 0.05) is 42.6 Å². The average Bonchev–Trinajstić information content (AvgIpc) is 3.57. The molecule has 212 valence electrons. The van der Waals surface area contributed by atoms with E-state index in [4.69, 9.17) is 4.74 Å². The molecule has 0 aliphatic carbocycles. The second kappa shape index (κ2) is 11.1. The van der Waals surface area contributed by atoms with Crippen LogP contribution in [0.2, 0.25) is 0 Å². The van der Waals surface area contributed by atoms with Crippen molar-refractivity contribution in [1.29, 1.82) is 5.26 Å². The molecule has 0 unspecified atom stereocenters. The van der Waals surface area contributed by atoms with Gasteiger partial charge in [-0.3, -0.25) is 10.00 Å². The summed E-state index contributed by atoms with van der Waals surface area (Å²) >= 11 is 0. The molecule has 0 saturated heterocycles. The summed E-state index contributed by atoms with van der Waals surface area (Å²) in [6, 6.07) is 14.2. The second-order valence-electron chi connectivity index (χ2n) is 10.6. The Morgan fingerprint density at radius 1 is 1.10 bits per heavy atom. The zero-order chi connectivity index (χ0) is 30.0. The van der Waals surface area contributed by atoms with Crippen molar-refractivity contribution in [3.8, 4) is 34.8 Å². The molecule has 2 N–H and O–H groups in total. The van der Waals surface area contributed by atoms with Gasteiger partial charge in [0.15, 0.2) is 0 Å². The molecule has 0 radical (unpaired) electrons. The number of aromatic nitrogens is 6. The van der Waals surface area contributed by atoms with Gasteiger partial charge in [0.05, 0.1) is 40.6 Å². The first-order valence-corrected chi connectivity index (χ1v) is 13.0. The Hall–Kier alpha value is -5.57. The van der Waals surface area contributed by atoms with E-state index in [1.54, 1.807) is 47.0 Å². The Morgan fingerprint density at radius 2 is 1.90 bits per heavy atom. The molecule has 5 aromatic rings. The Labute approximate surface area is 241 Å². The number of carbonyl (C=O) groups excluding carboxylic acids is 1. The lowest BCUT2D eigenvalue weighted by Gasteiger charge is -2.14. The minimum atomic E-state index is -0.699. The lowest BCUT2D eigenvalue weighted by molar-refractivity contribution is 0.262. The summed E-state index contributed by atoms with van der Waals surface area (Å²) in [7, 11) is 1.80. The third kappa shape index (κ3) is 6.10. The summed E-state index contributed by atoms with van der Waals surface area (Å²) in [5.41, 5.74) is 3.58. The van der Waals surface area contributed by atoms with E-state index in [1.807, 2.05) is 46.0 Å². The number of amides is 2. The first-order valence-electron chi connectivity index (χ1n) is 13.0. The van der Waals surface area contributed by atoms with E-state index in [9.17, 15) is 14.4 Å². The smallest absolute Gasteiger partial charge is 0.324 e. The van der Waals surface area contributed by atoms with E-state index < -0.39 is 11.8 Å². The van der Waals surface area contributed by atoms with Crippen molar-refractivity contribution >= 4 is 17.5 Å². The molecular formula is C30H28FN9O2. The molecule has 5 rings (SSSR count). The number of nitriles is 1. The normalized spacial score (nSPS) is 11.2. The highest BCUT2D eigenvalue weighted by Crippen LogP contribution is 2.29. The summed E-state index contributed by atoms with van der Waals surface area (Å²) in [6.45, 7) is 7.83. The van der Waals surface area contributed by atoms with Gasteiger partial charge in [-0.05, 0) is 42.8 Å². The Bertz CT molecular complexity index is 1830. The van der Waals surface area contributed by atoms with Crippen LogP contribution in [-0.2, 0) is 12.5 Å².